The summed E-state index contributed by atoms with van der Waals surface area (Å²) in [5.41, 5.74) is 7.80. The summed E-state index contributed by atoms with van der Waals surface area (Å²) < 4.78 is 0. The zero-order valence-corrected chi connectivity index (χ0v) is 15.4. The molecule has 0 unspecified atom stereocenters. The average molecular weight is 289 g/mol. The zero-order valence-electron chi connectivity index (χ0n) is 14.4. The fraction of sp³-hybridized carbons (Fsp3) is 0.579. The van der Waals surface area contributed by atoms with Gasteiger partial charge in [0, 0.05) is 0 Å². The summed E-state index contributed by atoms with van der Waals surface area (Å²) in [6, 6.07) is 8.93. The highest BCUT2D eigenvalue weighted by Crippen LogP contribution is 2.42. The van der Waals surface area contributed by atoms with Gasteiger partial charge in [-0.05, 0) is 35.5 Å². The Balaban J connectivity index is 2.90. The standard InChI is InChI=1S/C19H32Si/c1-15(2)20(16(3)4,17(5)6)14-8-9-19-12-10-18(7)11-13-19/h8,10-17H,9H2,1-7H3/b14-8+. The van der Waals surface area contributed by atoms with Crippen LogP contribution in [-0.2, 0) is 6.42 Å². The second-order valence-electron chi connectivity index (χ2n) is 7.06. The van der Waals surface area contributed by atoms with E-state index < -0.39 is 8.07 Å². The molecule has 0 spiro atoms. The van der Waals surface area contributed by atoms with Crippen molar-refractivity contribution in [2.45, 2.75) is 71.5 Å². The Morgan fingerprint density at radius 2 is 1.30 bits per heavy atom. The summed E-state index contributed by atoms with van der Waals surface area (Å²) in [6.07, 6.45) is 3.51. The Kier molecular flexibility index (Phi) is 6.26. The first-order chi connectivity index (χ1) is 9.30. The molecule has 0 aliphatic heterocycles. The number of rotatable bonds is 6. The molecule has 0 heterocycles. The molecule has 0 fully saturated rings. The van der Waals surface area contributed by atoms with Crippen molar-refractivity contribution in [3.8, 4) is 0 Å². The van der Waals surface area contributed by atoms with Crippen molar-refractivity contribution in [1.82, 2.24) is 0 Å². The molecule has 112 valence electrons. The largest absolute Gasteiger partial charge is 0.0971 e. The predicted octanol–water partition coefficient (Wildman–Crippen LogP) is 6.31. The molecule has 0 atom stereocenters. The Labute approximate surface area is 127 Å². The number of aryl methyl sites for hydroxylation is 1. The van der Waals surface area contributed by atoms with E-state index in [1.807, 2.05) is 0 Å². The summed E-state index contributed by atoms with van der Waals surface area (Å²) in [5, 5.41) is 0. The van der Waals surface area contributed by atoms with Gasteiger partial charge in [-0.15, -0.1) is 0 Å². The third kappa shape index (κ3) is 3.85. The van der Waals surface area contributed by atoms with Crippen LogP contribution in [0.15, 0.2) is 36.0 Å². The molecule has 0 aromatic heterocycles. The van der Waals surface area contributed by atoms with Crippen LogP contribution < -0.4 is 0 Å². The number of hydrogen-bond donors (Lipinski definition) is 0. The molecule has 1 rings (SSSR count). The lowest BCUT2D eigenvalue weighted by atomic mass is 10.1. The predicted molar refractivity (Wildman–Crippen MR) is 95.1 cm³/mol. The lowest BCUT2D eigenvalue weighted by molar-refractivity contribution is 0.832. The van der Waals surface area contributed by atoms with Gasteiger partial charge in [0.15, 0.2) is 0 Å². The lowest BCUT2D eigenvalue weighted by Crippen LogP contribution is -2.42. The Bertz CT molecular complexity index is 402. The highest BCUT2D eigenvalue weighted by atomic mass is 28.3. The fourth-order valence-electron chi connectivity index (χ4n) is 3.70. The van der Waals surface area contributed by atoms with Gasteiger partial charge in [-0.3, -0.25) is 0 Å². The van der Waals surface area contributed by atoms with Crippen LogP contribution in [0.25, 0.3) is 0 Å². The maximum Gasteiger partial charge on any atom is 0.0849 e. The van der Waals surface area contributed by atoms with Gasteiger partial charge in [0.2, 0.25) is 0 Å². The van der Waals surface area contributed by atoms with Crippen molar-refractivity contribution >= 4 is 8.07 Å². The van der Waals surface area contributed by atoms with E-state index in [4.69, 9.17) is 0 Å². The first-order valence-corrected chi connectivity index (χ1v) is 10.3. The second-order valence-corrected chi connectivity index (χ2v) is 12.9. The highest BCUT2D eigenvalue weighted by Gasteiger charge is 2.39. The SMILES string of the molecule is Cc1ccc(C/C=C/[Si](C(C)C)(C(C)C)C(C)C)cc1. The lowest BCUT2D eigenvalue weighted by Gasteiger charge is -2.40. The first-order valence-electron chi connectivity index (χ1n) is 8.04. The molecule has 0 aliphatic carbocycles. The van der Waals surface area contributed by atoms with Crippen LogP contribution in [0, 0.1) is 6.92 Å². The Morgan fingerprint density at radius 1 is 0.850 bits per heavy atom. The van der Waals surface area contributed by atoms with E-state index in [0.29, 0.717) is 0 Å². The van der Waals surface area contributed by atoms with Gasteiger partial charge in [-0.1, -0.05) is 83.1 Å². The third-order valence-electron chi connectivity index (χ3n) is 4.88. The third-order valence-corrected chi connectivity index (χ3v) is 11.7. The maximum atomic E-state index is 2.63. The summed E-state index contributed by atoms with van der Waals surface area (Å²) in [4.78, 5) is 0. The summed E-state index contributed by atoms with van der Waals surface area (Å²) in [7, 11) is -1.37. The van der Waals surface area contributed by atoms with Crippen molar-refractivity contribution in [1.29, 1.82) is 0 Å². The normalized spacial score (nSPS) is 13.1. The van der Waals surface area contributed by atoms with Gasteiger partial charge in [0.05, 0.1) is 8.07 Å². The highest BCUT2D eigenvalue weighted by molar-refractivity contribution is 6.87. The quantitative estimate of drug-likeness (QED) is 0.538. The van der Waals surface area contributed by atoms with Crippen LogP contribution in [0.4, 0.5) is 0 Å². The molecule has 1 heteroatoms. The van der Waals surface area contributed by atoms with Crippen molar-refractivity contribution in [3.05, 3.63) is 47.2 Å². The molecule has 1 aromatic rings. The van der Waals surface area contributed by atoms with Crippen LogP contribution in [-0.4, -0.2) is 8.07 Å². The van der Waals surface area contributed by atoms with Crippen LogP contribution in [0.2, 0.25) is 16.6 Å². The molecule has 0 amide bonds. The molecule has 0 nitrogen and oxygen atoms in total. The van der Waals surface area contributed by atoms with Crippen LogP contribution in [0.3, 0.4) is 0 Å². The van der Waals surface area contributed by atoms with Crippen molar-refractivity contribution < 1.29 is 0 Å². The Morgan fingerprint density at radius 3 is 1.70 bits per heavy atom. The molecule has 1 aromatic carbocycles. The van der Waals surface area contributed by atoms with E-state index in [9.17, 15) is 0 Å². The summed E-state index contributed by atoms with van der Waals surface area (Å²) in [5.74, 6) is 0. The van der Waals surface area contributed by atoms with E-state index in [-0.39, 0.29) is 0 Å². The zero-order chi connectivity index (χ0) is 15.3. The fourth-order valence-corrected chi connectivity index (χ4v) is 9.38. The molecule has 0 radical (unpaired) electrons. The van der Waals surface area contributed by atoms with E-state index in [2.05, 4.69) is 84.5 Å². The molecular formula is C19H32Si. The van der Waals surface area contributed by atoms with E-state index in [1.165, 1.54) is 11.1 Å². The molecule has 0 aliphatic rings. The first kappa shape index (κ1) is 17.2. The molecule has 0 bridgehead atoms. The molecular weight excluding hydrogens is 256 g/mol. The van der Waals surface area contributed by atoms with Gasteiger partial charge in [0.1, 0.15) is 0 Å². The van der Waals surface area contributed by atoms with Crippen LogP contribution >= 0.6 is 0 Å². The number of benzene rings is 1. The van der Waals surface area contributed by atoms with Gasteiger partial charge in [0.25, 0.3) is 0 Å². The van der Waals surface area contributed by atoms with E-state index >= 15 is 0 Å². The van der Waals surface area contributed by atoms with Gasteiger partial charge in [-0.25, -0.2) is 0 Å². The average Bonchev–Trinajstić information content (AvgIpc) is 2.35. The molecule has 0 saturated heterocycles. The topological polar surface area (TPSA) is 0 Å². The van der Waals surface area contributed by atoms with Crippen molar-refractivity contribution in [2.24, 2.45) is 0 Å². The van der Waals surface area contributed by atoms with Crippen molar-refractivity contribution in [3.63, 3.8) is 0 Å². The van der Waals surface area contributed by atoms with Crippen LogP contribution in [0.1, 0.15) is 52.7 Å². The van der Waals surface area contributed by atoms with Crippen molar-refractivity contribution in [2.75, 3.05) is 0 Å². The maximum absolute atomic E-state index is 2.63. The molecule has 0 saturated carbocycles. The Hall–Kier alpha value is -0.823. The van der Waals surface area contributed by atoms with Gasteiger partial charge < -0.3 is 0 Å². The summed E-state index contributed by atoms with van der Waals surface area (Å²) >= 11 is 0. The smallest absolute Gasteiger partial charge is 0.0849 e. The van der Waals surface area contributed by atoms with E-state index in [1.54, 1.807) is 0 Å². The minimum absolute atomic E-state index is 0.803. The van der Waals surface area contributed by atoms with Crippen LogP contribution in [0.5, 0.6) is 0 Å². The molecule has 0 N–H and O–H groups in total. The summed E-state index contributed by atoms with van der Waals surface area (Å²) in [6.45, 7) is 16.7. The monoisotopic (exact) mass is 288 g/mol. The second kappa shape index (κ2) is 7.26. The number of allylic oxidation sites excluding steroid dienone is 1. The minimum atomic E-state index is -1.37. The van der Waals surface area contributed by atoms with Gasteiger partial charge in [-0.2, -0.15) is 0 Å². The van der Waals surface area contributed by atoms with Gasteiger partial charge >= 0.3 is 0 Å². The molecule has 20 heavy (non-hydrogen) atoms. The minimum Gasteiger partial charge on any atom is -0.0971 e. The van der Waals surface area contributed by atoms with E-state index in [0.717, 1.165) is 23.0 Å². The number of hydrogen-bond acceptors (Lipinski definition) is 0.